The minimum Gasteiger partial charge on any atom is -0.0622 e. The fourth-order valence-corrected chi connectivity index (χ4v) is 1.21. The Hall–Kier alpha value is -0.963. The second-order valence-corrected chi connectivity index (χ2v) is 2.65. The number of hydrogen-bond donors (Lipinski definition) is 0. The first-order valence-corrected chi connectivity index (χ1v) is 3.98. The Kier molecular flexibility index (Phi) is 3.83. The van der Waals surface area contributed by atoms with Crippen LogP contribution in [0.25, 0.3) is 11.1 Å². The van der Waals surface area contributed by atoms with Crippen LogP contribution in [0.4, 0.5) is 0 Å². The molecule has 0 amide bonds. The van der Waals surface area contributed by atoms with Gasteiger partial charge < -0.3 is 0 Å². The maximum atomic E-state index is 3.00. The zero-order chi connectivity index (χ0) is 8.23. The summed E-state index contributed by atoms with van der Waals surface area (Å²) in [7, 11) is 0. The molecule has 0 heterocycles. The maximum absolute atomic E-state index is 3.00. The van der Waals surface area contributed by atoms with Crippen LogP contribution in [0.15, 0.2) is 54.6 Å². The van der Waals surface area contributed by atoms with E-state index in [0.717, 1.165) is 0 Å². The van der Waals surface area contributed by atoms with E-state index in [0.29, 0.717) is 0 Å². The Morgan fingerprint density at radius 2 is 1.23 bits per heavy atom. The first kappa shape index (κ1) is 10.1. The van der Waals surface area contributed by atoms with Crippen LogP contribution >= 0.6 is 0 Å². The van der Waals surface area contributed by atoms with Crippen LogP contribution in [0.2, 0.25) is 0 Å². The molecule has 59 valence electrons. The van der Waals surface area contributed by atoms with Gasteiger partial charge in [-0.15, -0.1) is 0 Å². The van der Waals surface area contributed by atoms with Crippen LogP contribution in [-0.2, 0) is 0 Å². The van der Waals surface area contributed by atoms with Crippen molar-refractivity contribution in [1.29, 1.82) is 0 Å². The summed E-state index contributed by atoms with van der Waals surface area (Å²) in [6.45, 7) is 0. The van der Waals surface area contributed by atoms with Gasteiger partial charge in [0.25, 0.3) is 0 Å². The molecule has 2 rings (SSSR count). The largest absolute Gasteiger partial charge is 0.0622 e. The molecule has 0 aliphatic heterocycles. The van der Waals surface area contributed by atoms with Crippen LogP contribution in [0.5, 0.6) is 0 Å². The van der Waals surface area contributed by atoms with Crippen molar-refractivity contribution in [2.75, 3.05) is 0 Å². The molecule has 0 unspecified atom stereocenters. The van der Waals surface area contributed by atoms with Crippen LogP contribution < -0.4 is 0 Å². The van der Waals surface area contributed by atoms with Gasteiger partial charge in [0, 0.05) is 0 Å². The second kappa shape index (κ2) is 4.92. The topological polar surface area (TPSA) is 0 Å². The third-order valence-corrected chi connectivity index (χ3v) is 1.83. The monoisotopic (exact) mass is 161 g/mol. The summed E-state index contributed by atoms with van der Waals surface area (Å²) in [5, 5.41) is 0. The van der Waals surface area contributed by atoms with Gasteiger partial charge in [-0.05, 0) is 17.2 Å². The molecule has 0 atom stereocenters. The fourth-order valence-electron chi connectivity index (χ4n) is 1.21. The van der Waals surface area contributed by atoms with Crippen LogP contribution in [0.3, 0.4) is 0 Å². The Labute approximate surface area is 90.8 Å². The molecule has 0 spiro atoms. The first-order valence-electron chi connectivity index (χ1n) is 3.98. The van der Waals surface area contributed by atoms with Gasteiger partial charge in [0.1, 0.15) is 0 Å². The molecule has 0 aliphatic rings. The van der Waals surface area contributed by atoms with Crippen LogP contribution in [0.1, 0.15) is 0 Å². The van der Waals surface area contributed by atoms with Crippen molar-refractivity contribution in [3.63, 3.8) is 0 Å². The van der Waals surface area contributed by atoms with Gasteiger partial charge in [-0.25, -0.2) is 0 Å². The van der Waals surface area contributed by atoms with Crippen molar-refractivity contribution >= 4 is 18.9 Å². The molecule has 1 radical (unpaired) electrons. The summed E-state index contributed by atoms with van der Waals surface area (Å²) in [4.78, 5) is 0. The molecule has 0 saturated heterocycles. The Balaban J connectivity index is 0.000000845. The predicted molar refractivity (Wildman–Crippen MR) is 57.9 cm³/mol. The summed E-state index contributed by atoms with van der Waals surface area (Å²) in [6, 6.07) is 21.3. The molecule has 0 N–H and O–H groups in total. The average molecular weight is 161 g/mol. The minimum atomic E-state index is 0. The molecule has 2 aromatic rings. The maximum Gasteiger partial charge on any atom is -0.0184 e. The normalized spacial score (nSPS) is 8.92. The van der Waals surface area contributed by atoms with Gasteiger partial charge in [-0.2, -0.15) is 0 Å². The van der Waals surface area contributed by atoms with E-state index in [9.17, 15) is 0 Å². The zero-order valence-electron chi connectivity index (χ0n) is 6.70. The van der Waals surface area contributed by atoms with E-state index in [1.807, 2.05) is 30.3 Å². The van der Waals surface area contributed by atoms with E-state index in [4.69, 9.17) is 0 Å². The van der Waals surface area contributed by atoms with Gasteiger partial charge in [0.2, 0.25) is 0 Å². The van der Waals surface area contributed by atoms with Gasteiger partial charge in [0.15, 0.2) is 0 Å². The van der Waals surface area contributed by atoms with Crippen molar-refractivity contribution in [1.82, 2.24) is 0 Å². The van der Waals surface area contributed by atoms with E-state index in [1.54, 1.807) is 0 Å². The molecular weight excluding hydrogens is 151 g/mol. The summed E-state index contributed by atoms with van der Waals surface area (Å²) in [6.07, 6.45) is 0. The molecule has 13 heavy (non-hydrogen) atoms. The van der Waals surface area contributed by atoms with E-state index < -0.39 is 0 Å². The molecule has 0 nitrogen and oxygen atoms in total. The van der Waals surface area contributed by atoms with Crippen LogP contribution in [-0.4, -0.2) is 18.9 Å². The SMILES string of the molecule is [LiH].[c]1ccc(-c2ccccc2)cc1. The fraction of sp³-hybridized carbons (Fsp3) is 0. The molecule has 2 aromatic carbocycles. The third kappa shape index (κ3) is 2.49. The smallest absolute Gasteiger partial charge is 0.0184 e. The Morgan fingerprint density at radius 3 is 1.85 bits per heavy atom. The summed E-state index contributed by atoms with van der Waals surface area (Å²) >= 11 is 0. The van der Waals surface area contributed by atoms with E-state index in [-0.39, 0.29) is 18.9 Å². The van der Waals surface area contributed by atoms with Crippen molar-refractivity contribution in [2.45, 2.75) is 0 Å². The third-order valence-electron chi connectivity index (χ3n) is 1.83. The van der Waals surface area contributed by atoms with Crippen molar-refractivity contribution in [2.24, 2.45) is 0 Å². The molecule has 0 fully saturated rings. The summed E-state index contributed by atoms with van der Waals surface area (Å²) < 4.78 is 0. The molecule has 0 bridgehead atoms. The summed E-state index contributed by atoms with van der Waals surface area (Å²) in [5.41, 5.74) is 2.50. The Bertz CT molecular complexity index is 303. The summed E-state index contributed by atoms with van der Waals surface area (Å²) in [5.74, 6) is 0. The molecule has 0 aromatic heterocycles. The molecular formula is C12H10Li. The van der Waals surface area contributed by atoms with Gasteiger partial charge in [-0.1, -0.05) is 54.6 Å². The van der Waals surface area contributed by atoms with Gasteiger partial charge in [-0.3, -0.25) is 0 Å². The zero-order valence-corrected chi connectivity index (χ0v) is 6.70. The molecule has 0 aliphatic carbocycles. The number of hydrogen-bond acceptors (Lipinski definition) is 0. The van der Waals surface area contributed by atoms with Crippen molar-refractivity contribution < 1.29 is 0 Å². The van der Waals surface area contributed by atoms with Crippen LogP contribution in [0, 0.1) is 6.07 Å². The molecule has 0 saturated carbocycles. The van der Waals surface area contributed by atoms with E-state index >= 15 is 0 Å². The standard InChI is InChI=1S/C12H9.Li.H/c1-3-7-11(8-4-1)12-9-5-2-6-10-12;;/h1,3-10H;;. The van der Waals surface area contributed by atoms with Crippen molar-refractivity contribution in [3.05, 3.63) is 60.7 Å². The average Bonchev–Trinajstić information content (AvgIpc) is 2.21. The number of rotatable bonds is 1. The van der Waals surface area contributed by atoms with E-state index in [1.165, 1.54) is 11.1 Å². The van der Waals surface area contributed by atoms with Gasteiger partial charge >= 0.3 is 18.9 Å². The quantitative estimate of drug-likeness (QED) is 0.564. The van der Waals surface area contributed by atoms with Crippen molar-refractivity contribution in [3.8, 4) is 11.1 Å². The first-order chi connectivity index (χ1) is 5.97. The molecule has 1 heteroatoms. The second-order valence-electron chi connectivity index (χ2n) is 2.65. The minimum absolute atomic E-state index is 0. The predicted octanol–water partition coefficient (Wildman–Crippen LogP) is 2.51. The van der Waals surface area contributed by atoms with E-state index in [2.05, 4.69) is 30.3 Å². The Morgan fingerprint density at radius 1 is 0.692 bits per heavy atom. The van der Waals surface area contributed by atoms with Gasteiger partial charge in [0.05, 0.1) is 0 Å². The number of benzene rings is 2.